The van der Waals surface area contributed by atoms with Crippen LogP contribution in [0.15, 0.2) is 4.52 Å². The Hall–Kier alpha value is -1.32. The van der Waals surface area contributed by atoms with E-state index < -0.39 is 0 Å². The first kappa shape index (κ1) is 14.1. The van der Waals surface area contributed by atoms with Crippen LogP contribution in [-0.2, 0) is 11.2 Å². The summed E-state index contributed by atoms with van der Waals surface area (Å²) >= 11 is 0. The van der Waals surface area contributed by atoms with Gasteiger partial charge in [-0.1, -0.05) is 19.0 Å². The fraction of sp³-hybridized carbons (Fsp3) is 0.733. The molecule has 1 unspecified atom stereocenters. The highest BCUT2D eigenvalue weighted by Gasteiger charge is 2.31. The number of nitrogens with zero attached hydrogens (tertiary/aromatic N) is 1. The van der Waals surface area contributed by atoms with Crippen LogP contribution in [0.1, 0.15) is 56.5 Å². The Morgan fingerprint density at radius 1 is 1.47 bits per heavy atom. The fourth-order valence-corrected chi connectivity index (χ4v) is 2.96. The molecule has 0 spiro atoms. The Morgan fingerprint density at radius 2 is 2.21 bits per heavy atom. The summed E-state index contributed by atoms with van der Waals surface area (Å²) in [6.07, 6.45) is 4.61. The summed E-state index contributed by atoms with van der Waals surface area (Å²) in [6.45, 7) is 8.35. The van der Waals surface area contributed by atoms with Crippen LogP contribution in [0.4, 0.5) is 0 Å². The summed E-state index contributed by atoms with van der Waals surface area (Å²) in [4.78, 5) is 12.0. The van der Waals surface area contributed by atoms with E-state index in [4.69, 9.17) is 4.52 Å². The summed E-state index contributed by atoms with van der Waals surface area (Å²) < 4.78 is 5.11. The lowest BCUT2D eigenvalue weighted by atomic mass is 9.92. The van der Waals surface area contributed by atoms with Crippen molar-refractivity contribution in [2.45, 2.75) is 65.8 Å². The second kappa shape index (κ2) is 5.35. The maximum absolute atomic E-state index is 12.0. The van der Waals surface area contributed by atoms with Crippen LogP contribution in [-0.4, -0.2) is 17.1 Å². The number of aromatic nitrogens is 1. The van der Waals surface area contributed by atoms with Crippen molar-refractivity contribution in [3.8, 4) is 0 Å². The predicted octanol–water partition coefficient (Wildman–Crippen LogP) is 2.92. The lowest BCUT2D eigenvalue weighted by molar-refractivity contribution is -0.121. The zero-order valence-corrected chi connectivity index (χ0v) is 12.4. The summed E-state index contributed by atoms with van der Waals surface area (Å²) in [7, 11) is 0. The molecule has 0 bridgehead atoms. The van der Waals surface area contributed by atoms with Gasteiger partial charge in [-0.2, -0.15) is 0 Å². The largest absolute Gasteiger partial charge is 0.361 e. The van der Waals surface area contributed by atoms with Crippen molar-refractivity contribution < 1.29 is 9.32 Å². The molecule has 1 fully saturated rings. The van der Waals surface area contributed by atoms with Gasteiger partial charge < -0.3 is 9.84 Å². The topological polar surface area (TPSA) is 55.1 Å². The molecule has 1 N–H and O–H groups in total. The van der Waals surface area contributed by atoms with Crippen LogP contribution in [0.3, 0.4) is 0 Å². The van der Waals surface area contributed by atoms with Gasteiger partial charge in [-0.15, -0.1) is 0 Å². The molecule has 1 heterocycles. The molecular weight excluding hydrogens is 240 g/mol. The van der Waals surface area contributed by atoms with Crippen molar-refractivity contribution in [2.24, 2.45) is 5.41 Å². The third kappa shape index (κ3) is 3.58. The van der Waals surface area contributed by atoms with Gasteiger partial charge in [0.05, 0.1) is 5.69 Å². The molecule has 0 aromatic carbocycles. The van der Waals surface area contributed by atoms with E-state index in [0.29, 0.717) is 24.3 Å². The number of hydrogen-bond acceptors (Lipinski definition) is 3. The summed E-state index contributed by atoms with van der Waals surface area (Å²) in [5, 5.41) is 7.06. The lowest BCUT2D eigenvalue weighted by Gasteiger charge is -2.17. The van der Waals surface area contributed by atoms with Crippen LogP contribution in [0.5, 0.6) is 0 Å². The average Bonchev–Trinajstić information content (AvgIpc) is 2.80. The Labute approximate surface area is 114 Å². The second-order valence-electron chi connectivity index (χ2n) is 6.47. The first-order valence-electron chi connectivity index (χ1n) is 7.08. The maximum Gasteiger partial charge on any atom is 0.220 e. The molecule has 1 aromatic rings. The molecule has 1 aliphatic rings. The number of carbonyl (C=O) groups is 1. The molecular formula is C15H24N2O2. The van der Waals surface area contributed by atoms with Gasteiger partial charge in [0.25, 0.3) is 0 Å². The van der Waals surface area contributed by atoms with Gasteiger partial charge in [0.15, 0.2) is 0 Å². The average molecular weight is 264 g/mol. The van der Waals surface area contributed by atoms with Gasteiger partial charge in [0, 0.05) is 18.0 Å². The van der Waals surface area contributed by atoms with E-state index in [1.807, 2.05) is 13.8 Å². The summed E-state index contributed by atoms with van der Waals surface area (Å²) in [5.41, 5.74) is 2.34. The maximum atomic E-state index is 12.0. The molecule has 1 aromatic heterocycles. The zero-order chi connectivity index (χ0) is 14.0. The number of amides is 1. The quantitative estimate of drug-likeness (QED) is 0.909. The van der Waals surface area contributed by atoms with E-state index in [2.05, 4.69) is 24.3 Å². The van der Waals surface area contributed by atoms with Crippen LogP contribution in [0.2, 0.25) is 0 Å². The van der Waals surface area contributed by atoms with E-state index in [1.165, 1.54) is 6.42 Å². The van der Waals surface area contributed by atoms with Crippen molar-refractivity contribution >= 4 is 5.91 Å². The van der Waals surface area contributed by atoms with Crippen LogP contribution < -0.4 is 5.32 Å². The lowest BCUT2D eigenvalue weighted by Crippen LogP contribution is -2.33. The zero-order valence-electron chi connectivity index (χ0n) is 12.4. The van der Waals surface area contributed by atoms with E-state index in [1.54, 1.807) is 0 Å². The molecule has 1 aliphatic carbocycles. The van der Waals surface area contributed by atoms with Crippen molar-refractivity contribution in [3.63, 3.8) is 0 Å². The van der Waals surface area contributed by atoms with Crippen molar-refractivity contribution in [1.29, 1.82) is 0 Å². The van der Waals surface area contributed by atoms with Crippen LogP contribution in [0, 0.1) is 19.3 Å². The monoisotopic (exact) mass is 264 g/mol. The van der Waals surface area contributed by atoms with Gasteiger partial charge in [-0.25, -0.2) is 0 Å². The molecule has 4 nitrogen and oxygen atoms in total. The minimum absolute atomic E-state index is 0.141. The Morgan fingerprint density at radius 3 is 2.74 bits per heavy atom. The molecule has 19 heavy (non-hydrogen) atoms. The molecule has 0 radical (unpaired) electrons. The first-order valence-corrected chi connectivity index (χ1v) is 7.08. The van der Waals surface area contributed by atoms with Gasteiger partial charge in [-0.05, 0) is 44.9 Å². The van der Waals surface area contributed by atoms with Gasteiger partial charge in [0.2, 0.25) is 5.91 Å². The fourth-order valence-electron chi connectivity index (χ4n) is 2.96. The Balaban J connectivity index is 1.80. The number of aryl methyl sites for hydroxylation is 2. The highest BCUT2D eigenvalue weighted by molar-refractivity contribution is 5.76. The van der Waals surface area contributed by atoms with Crippen LogP contribution in [0.25, 0.3) is 0 Å². The third-order valence-electron chi connectivity index (χ3n) is 4.12. The summed E-state index contributed by atoms with van der Waals surface area (Å²) in [6, 6.07) is 0.354. The first-order chi connectivity index (χ1) is 8.87. The van der Waals surface area contributed by atoms with Gasteiger partial charge >= 0.3 is 0 Å². The highest BCUT2D eigenvalue weighted by atomic mass is 16.5. The Bertz CT molecular complexity index is 443. The van der Waals surface area contributed by atoms with E-state index in [0.717, 1.165) is 29.9 Å². The molecule has 0 aliphatic heterocycles. The molecule has 1 atom stereocenters. The molecule has 1 amide bonds. The molecule has 4 heteroatoms. The summed E-state index contributed by atoms with van der Waals surface area (Å²) in [5.74, 6) is 0.968. The minimum Gasteiger partial charge on any atom is -0.361 e. The molecule has 1 saturated carbocycles. The number of hydrogen-bond donors (Lipinski definition) is 1. The van der Waals surface area contributed by atoms with Crippen LogP contribution >= 0.6 is 0 Å². The smallest absolute Gasteiger partial charge is 0.220 e. The van der Waals surface area contributed by atoms with Crippen molar-refractivity contribution in [3.05, 3.63) is 17.0 Å². The van der Waals surface area contributed by atoms with Gasteiger partial charge in [0.1, 0.15) is 5.76 Å². The highest BCUT2D eigenvalue weighted by Crippen LogP contribution is 2.36. The molecule has 2 rings (SSSR count). The third-order valence-corrected chi connectivity index (χ3v) is 4.12. The standard InChI is InChI=1S/C15H24N2O2/c1-10-13(11(2)19-17-10)5-6-14(18)16-12-7-8-15(3,4)9-12/h12H,5-9H2,1-4H3,(H,16,18). The van der Waals surface area contributed by atoms with Crippen molar-refractivity contribution in [2.75, 3.05) is 0 Å². The second-order valence-corrected chi connectivity index (χ2v) is 6.47. The molecule has 0 saturated heterocycles. The number of rotatable bonds is 4. The molecule has 106 valence electrons. The Kier molecular flexibility index (Phi) is 3.97. The van der Waals surface area contributed by atoms with Gasteiger partial charge in [-0.3, -0.25) is 4.79 Å². The van der Waals surface area contributed by atoms with Crippen molar-refractivity contribution in [1.82, 2.24) is 10.5 Å². The van der Waals surface area contributed by atoms with E-state index in [9.17, 15) is 4.79 Å². The SMILES string of the molecule is Cc1noc(C)c1CCC(=O)NC1CCC(C)(C)C1. The number of carbonyl (C=O) groups excluding carboxylic acids is 1. The number of nitrogens with one attached hydrogen (secondary N) is 1. The van der Waals surface area contributed by atoms with E-state index >= 15 is 0 Å². The van der Waals surface area contributed by atoms with E-state index in [-0.39, 0.29) is 5.91 Å². The minimum atomic E-state index is 0.141. The predicted molar refractivity (Wildman–Crippen MR) is 73.9 cm³/mol. The normalized spacial score (nSPS) is 21.6.